The number of hydrazone groups is 1. The molecule has 1 amide bonds. The zero-order chi connectivity index (χ0) is 15.9. The van der Waals surface area contributed by atoms with Gasteiger partial charge in [-0.1, -0.05) is 41.4 Å². The number of amides is 1. The topological polar surface area (TPSA) is 50.7 Å². The van der Waals surface area contributed by atoms with E-state index in [0.29, 0.717) is 15.2 Å². The molecule has 0 spiro atoms. The number of rotatable bonds is 5. The molecule has 2 rings (SSSR count). The Morgan fingerprint density at radius 1 is 1.36 bits per heavy atom. The van der Waals surface area contributed by atoms with Crippen molar-refractivity contribution in [2.45, 2.75) is 6.92 Å². The molecule has 0 aliphatic carbocycles. The van der Waals surface area contributed by atoms with Crippen LogP contribution in [-0.4, -0.2) is 18.7 Å². The van der Waals surface area contributed by atoms with Crippen LogP contribution in [0.2, 0.25) is 5.02 Å². The van der Waals surface area contributed by atoms with Crippen molar-refractivity contribution in [3.05, 3.63) is 63.1 Å². The maximum Gasteiger partial charge on any atom is 0.277 e. The Balaban J connectivity index is 1.83. The molecular weight excluding hydrogens is 368 g/mol. The van der Waals surface area contributed by atoms with Crippen LogP contribution in [0.3, 0.4) is 0 Å². The number of benzene rings is 2. The van der Waals surface area contributed by atoms with E-state index >= 15 is 0 Å². The molecule has 0 bridgehead atoms. The quantitative estimate of drug-likeness (QED) is 0.630. The largest absolute Gasteiger partial charge is 0.483 e. The smallest absolute Gasteiger partial charge is 0.277 e. The molecule has 1 N–H and O–H groups in total. The molecule has 22 heavy (non-hydrogen) atoms. The highest BCUT2D eigenvalue weighted by Crippen LogP contribution is 2.27. The third kappa shape index (κ3) is 5.16. The van der Waals surface area contributed by atoms with Gasteiger partial charge in [-0.3, -0.25) is 4.79 Å². The average Bonchev–Trinajstić information content (AvgIpc) is 2.46. The third-order valence-corrected chi connectivity index (χ3v) is 3.55. The van der Waals surface area contributed by atoms with E-state index in [4.69, 9.17) is 16.3 Å². The summed E-state index contributed by atoms with van der Waals surface area (Å²) in [5.41, 5.74) is 4.46. The molecule has 2 aromatic carbocycles. The monoisotopic (exact) mass is 380 g/mol. The van der Waals surface area contributed by atoms with E-state index in [1.54, 1.807) is 24.4 Å². The standard InChI is InChI=1S/C16H14BrClN2O2/c1-11-3-2-4-12(7-11)9-19-20-16(21)10-22-15-6-5-13(18)8-14(15)17/h2-9H,10H2,1H3,(H,20,21)/b19-9+. The minimum absolute atomic E-state index is 0.134. The lowest BCUT2D eigenvalue weighted by molar-refractivity contribution is -0.123. The molecule has 0 aliphatic rings. The van der Waals surface area contributed by atoms with E-state index in [0.717, 1.165) is 11.1 Å². The molecule has 0 saturated heterocycles. The Bertz CT molecular complexity index is 704. The lowest BCUT2D eigenvalue weighted by atomic mass is 10.2. The van der Waals surface area contributed by atoms with Gasteiger partial charge in [0.15, 0.2) is 6.61 Å². The van der Waals surface area contributed by atoms with E-state index in [2.05, 4.69) is 26.5 Å². The summed E-state index contributed by atoms with van der Waals surface area (Å²) in [6, 6.07) is 12.9. The number of nitrogens with one attached hydrogen (secondary N) is 1. The predicted octanol–water partition coefficient (Wildman–Crippen LogP) is 3.94. The molecule has 0 heterocycles. The number of ether oxygens (including phenoxy) is 1. The van der Waals surface area contributed by atoms with Crippen LogP contribution in [0.5, 0.6) is 5.75 Å². The molecule has 0 unspecified atom stereocenters. The van der Waals surface area contributed by atoms with Crippen molar-refractivity contribution in [1.29, 1.82) is 0 Å². The molecule has 0 fully saturated rings. The third-order valence-electron chi connectivity index (χ3n) is 2.70. The van der Waals surface area contributed by atoms with Gasteiger partial charge in [0.25, 0.3) is 5.91 Å². The van der Waals surface area contributed by atoms with Gasteiger partial charge in [0.2, 0.25) is 0 Å². The normalized spacial score (nSPS) is 10.7. The van der Waals surface area contributed by atoms with Gasteiger partial charge in [-0.05, 0) is 46.6 Å². The maximum absolute atomic E-state index is 11.7. The zero-order valence-electron chi connectivity index (χ0n) is 11.8. The SMILES string of the molecule is Cc1cccc(/C=N/NC(=O)COc2ccc(Cl)cc2Br)c1. The fourth-order valence-corrected chi connectivity index (χ4v) is 2.49. The van der Waals surface area contributed by atoms with E-state index in [1.807, 2.05) is 31.2 Å². The first-order chi connectivity index (χ1) is 10.5. The summed E-state index contributed by atoms with van der Waals surface area (Å²) in [4.78, 5) is 11.7. The van der Waals surface area contributed by atoms with Gasteiger partial charge in [-0.15, -0.1) is 0 Å². The zero-order valence-corrected chi connectivity index (χ0v) is 14.2. The first kappa shape index (κ1) is 16.5. The van der Waals surface area contributed by atoms with Crippen LogP contribution in [0, 0.1) is 6.92 Å². The van der Waals surface area contributed by atoms with Crippen LogP contribution in [0.15, 0.2) is 52.0 Å². The van der Waals surface area contributed by atoms with E-state index in [1.165, 1.54) is 0 Å². The Morgan fingerprint density at radius 2 is 2.18 bits per heavy atom. The minimum Gasteiger partial charge on any atom is -0.483 e. The van der Waals surface area contributed by atoms with Gasteiger partial charge in [-0.25, -0.2) is 5.43 Å². The van der Waals surface area contributed by atoms with Crippen LogP contribution >= 0.6 is 27.5 Å². The summed E-state index contributed by atoms with van der Waals surface area (Å²) >= 11 is 9.15. The second-order valence-corrected chi connectivity index (χ2v) is 5.86. The Labute approximate surface area is 142 Å². The number of carbonyl (C=O) groups excluding carboxylic acids is 1. The summed E-state index contributed by atoms with van der Waals surface area (Å²) in [6.45, 7) is 1.86. The maximum atomic E-state index is 11.7. The fourth-order valence-electron chi connectivity index (χ4n) is 1.70. The van der Waals surface area contributed by atoms with Crippen molar-refractivity contribution in [3.8, 4) is 5.75 Å². The van der Waals surface area contributed by atoms with Crippen LogP contribution in [0.25, 0.3) is 0 Å². The van der Waals surface area contributed by atoms with Crippen molar-refractivity contribution in [1.82, 2.24) is 5.43 Å². The second-order valence-electron chi connectivity index (χ2n) is 4.57. The highest BCUT2D eigenvalue weighted by atomic mass is 79.9. The number of halogens is 2. The van der Waals surface area contributed by atoms with Gasteiger partial charge in [-0.2, -0.15) is 5.10 Å². The Hall–Kier alpha value is -1.85. The van der Waals surface area contributed by atoms with E-state index in [-0.39, 0.29) is 12.5 Å². The predicted molar refractivity (Wildman–Crippen MR) is 91.6 cm³/mol. The summed E-state index contributed by atoms with van der Waals surface area (Å²) in [5, 5.41) is 4.48. The molecule has 2 aromatic rings. The summed E-state index contributed by atoms with van der Waals surface area (Å²) in [7, 11) is 0. The number of carbonyl (C=O) groups is 1. The second kappa shape index (κ2) is 7.96. The van der Waals surface area contributed by atoms with Gasteiger partial charge < -0.3 is 4.74 Å². The van der Waals surface area contributed by atoms with Gasteiger partial charge >= 0.3 is 0 Å². The number of nitrogens with zero attached hydrogens (tertiary/aromatic N) is 1. The summed E-state index contributed by atoms with van der Waals surface area (Å²) in [5.74, 6) is 0.202. The van der Waals surface area contributed by atoms with Crippen LogP contribution < -0.4 is 10.2 Å². The Morgan fingerprint density at radius 3 is 2.91 bits per heavy atom. The molecule has 0 aromatic heterocycles. The fraction of sp³-hybridized carbons (Fsp3) is 0.125. The molecule has 6 heteroatoms. The van der Waals surface area contributed by atoms with Crippen molar-refractivity contribution in [3.63, 3.8) is 0 Å². The molecule has 0 saturated carbocycles. The van der Waals surface area contributed by atoms with Crippen molar-refractivity contribution >= 4 is 39.7 Å². The molecule has 114 valence electrons. The highest BCUT2D eigenvalue weighted by Gasteiger charge is 2.05. The first-order valence-electron chi connectivity index (χ1n) is 6.51. The lowest BCUT2D eigenvalue weighted by Crippen LogP contribution is -2.24. The number of hydrogen-bond donors (Lipinski definition) is 1. The lowest BCUT2D eigenvalue weighted by Gasteiger charge is -2.07. The summed E-state index contributed by atoms with van der Waals surface area (Å²) in [6.07, 6.45) is 1.59. The molecule has 0 atom stereocenters. The van der Waals surface area contributed by atoms with Gasteiger partial charge in [0.1, 0.15) is 5.75 Å². The van der Waals surface area contributed by atoms with Crippen LogP contribution in [0.1, 0.15) is 11.1 Å². The number of aryl methyl sites for hydroxylation is 1. The van der Waals surface area contributed by atoms with Crippen molar-refractivity contribution < 1.29 is 9.53 Å². The molecule has 0 radical (unpaired) electrons. The molecule has 4 nitrogen and oxygen atoms in total. The average molecular weight is 382 g/mol. The summed E-state index contributed by atoms with van der Waals surface area (Å²) < 4.78 is 6.07. The molecular formula is C16H14BrClN2O2. The van der Waals surface area contributed by atoms with Gasteiger partial charge in [0.05, 0.1) is 10.7 Å². The van der Waals surface area contributed by atoms with E-state index in [9.17, 15) is 4.79 Å². The van der Waals surface area contributed by atoms with Crippen LogP contribution in [0.4, 0.5) is 0 Å². The van der Waals surface area contributed by atoms with Crippen molar-refractivity contribution in [2.75, 3.05) is 6.61 Å². The van der Waals surface area contributed by atoms with Gasteiger partial charge in [0, 0.05) is 5.02 Å². The number of hydrogen-bond acceptors (Lipinski definition) is 3. The van der Waals surface area contributed by atoms with E-state index < -0.39 is 0 Å². The Kier molecular flexibility index (Phi) is 5.98. The minimum atomic E-state index is -0.342. The molecule has 0 aliphatic heterocycles. The highest BCUT2D eigenvalue weighted by molar-refractivity contribution is 9.10. The first-order valence-corrected chi connectivity index (χ1v) is 7.68. The van der Waals surface area contributed by atoms with Crippen molar-refractivity contribution in [2.24, 2.45) is 5.10 Å². The van der Waals surface area contributed by atoms with Crippen LogP contribution in [-0.2, 0) is 4.79 Å².